The van der Waals surface area contributed by atoms with E-state index >= 15 is 0 Å². The monoisotopic (exact) mass is 249 g/mol. The van der Waals surface area contributed by atoms with E-state index in [0.29, 0.717) is 22.4 Å². The van der Waals surface area contributed by atoms with E-state index in [9.17, 15) is 4.79 Å². The molecule has 2 aromatic carbocycles. The normalized spacial score (nSPS) is 9.37. The van der Waals surface area contributed by atoms with Crippen molar-refractivity contribution in [2.45, 2.75) is 6.92 Å². The standard InChI is InChI=1S/C17H13O2/c1-3-12-19-16-11-7-6-10-15(16)17(18)14-9-5-4-8-13(14)2/h4-11H,2H2,1H3. The topological polar surface area (TPSA) is 26.3 Å². The van der Waals surface area contributed by atoms with Gasteiger partial charge >= 0.3 is 0 Å². The van der Waals surface area contributed by atoms with E-state index < -0.39 is 0 Å². The minimum atomic E-state index is -0.112. The summed E-state index contributed by atoms with van der Waals surface area (Å²) in [5, 5.41) is 0. The van der Waals surface area contributed by atoms with Crippen molar-refractivity contribution in [2.24, 2.45) is 0 Å². The molecule has 2 rings (SSSR count). The van der Waals surface area contributed by atoms with Crippen LogP contribution in [0, 0.1) is 19.0 Å². The summed E-state index contributed by atoms with van der Waals surface area (Å²) in [4.78, 5) is 12.5. The molecule has 0 atom stereocenters. The van der Waals surface area contributed by atoms with Crippen LogP contribution in [0.1, 0.15) is 28.4 Å². The fraction of sp³-hybridized carbons (Fsp3) is 0.0588. The molecule has 0 bridgehead atoms. The predicted molar refractivity (Wildman–Crippen MR) is 74.9 cm³/mol. The van der Waals surface area contributed by atoms with Crippen LogP contribution in [0.15, 0.2) is 48.5 Å². The van der Waals surface area contributed by atoms with Crippen molar-refractivity contribution in [3.8, 4) is 17.8 Å². The predicted octanol–water partition coefficient (Wildman–Crippen LogP) is 3.46. The molecule has 0 fully saturated rings. The number of hydrogen-bond acceptors (Lipinski definition) is 2. The smallest absolute Gasteiger partial charge is 0.197 e. The van der Waals surface area contributed by atoms with Gasteiger partial charge in [-0.2, -0.15) is 0 Å². The van der Waals surface area contributed by atoms with Gasteiger partial charge in [0.1, 0.15) is 6.11 Å². The molecule has 0 saturated heterocycles. The van der Waals surface area contributed by atoms with Crippen molar-refractivity contribution < 1.29 is 9.53 Å². The number of rotatable bonds is 3. The first-order valence-electron chi connectivity index (χ1n) is 5.87. The van der Waals surface area contributed by atoms with E-state index in [1.165, 1.54) is 0 Å². The highest BCUT2D eigenvalue weighted by molar-refractivity contribution is 6.11. The molecule has 0 heterocycles. The Balaban J connectivity index is 2.44. The van der Waals surface area contributed by atoms with Crippen molar-refractivity contribution >= 4 is 5.78 Å². The van der Waals surface area contributed by atoms with Crippen LogP contribution in [-0.2, 0) is 0 Å². The number of ether oxygens (including phenoxy) is 1. The van der Waals surface area contributed by atoms with Gasteiger partial charge in [0.2, 0.25) is 0 Å². The van der Waals surface area contributed by atoms with Crippen molar-refractivity contribution in [2.75, 3.05) is 0 Å². The van der Waals surface area contributed by atoms with Gasteiger partial charge in [-0.25, -0.2) is 0 Å². The SMILES string of the molecule is [CH2]c1ccccc1C(=O)c1ccccc1OC#CC. The third kappa shape index (κ3) is 2.83. The van der Waals surface area contributed by atoms with Crippen molar-refractivity contribution in [1.82, 2.24) is 0 Å². The molecule has 2 aromatic rings. The van der Waals surface area contributed by atoms with Crippen molar-refractivity contribution in [3.05, 3.63) is 72.1 Å². The highest BCUT2D eigenvalue weighted by Crippen LogP contribution is 2.22. The first-order chi connectivity index (χ1) is 9.24. The summed E-state index contributed by atoms with van der Waals surface area (Å²) in [6.45, 7) is 5.55. The van der Waals surface area contributed by atoms with E-state index in [1.807, 2.05) is 18.2 Å². The summed E-state index contributed by atoms with van der Waals surface area (Å²) in [7, 11) is 0. The lowest BCUT2D eigenvalue weighted by molar-refractivity contribution is 0.103. The Hall–Kier alpha value is -2.53. The molecule has 0 amide bonds. The molecule has 0 aliphatic carbocycles. The van der Waals surface area contributed by atoms with Gasteiger partial charge < -0.3 is 4.74 Å². The zero-order valence-corrected chi connectivity index (χ0v) is 10.6. The lowest BCUT2D eigenvalue weighted by Gasteiger charge is -2.07. The minimum Gasteiger partial charge on any atom is -0.407 e. The Labute approximate surface area is 113 Å². The van der Waals surface area contributed by atoms with Crippen molar-refractivity contribution in [1.29, 1.82) is 0 Å². The van der Waals surface area contributed by atoms with Gasteiger partial charge in [0, 0.05) is 12.5 Å². The van der Waals surface area contributed by atoms with E-state index in [4.69, 9.17) is 4.74 Å². The maximum Gasteiger partial charge on any atom is 0.197 e. The lowest BCUT2D eigenvalue weighted by atomic mass is 9.98. The number of hydrogen-bond donors (Lipinski definition) is 0. The highest BCUT2D eigenvalue weighted by Gasteiger charge is 2.15. The fourth-order valence-electron chi connectivity index (χ4n) is 1.74. The molecule has 2 nitrogen and oxygen atoms in total. The second-order valence-electron chi connectivity index (χ2n) is 3.94. The number of ketones is 1. The molecule has 0 aliphatic heterocycles. The second kappa shape index (κ2) is 5.88. The number of carbonyl (C=O) groups is 1. The van der Waals surface area contributed by atoms with Gasteiger partial charge in [-0.05, 0) is 24.6 Å². The molecule has 0 aromatic heterocycles. The largest absolute Gasteiger partial charge is 0.407 e. The maximum atomic E-state index is 12.5. The molecule has 1 radical (unpaired) electrons. The van der Waals surface area contributed by atoms with Crippen LogP contribution < -0.4 is 4.74 Å². The molecule has 0 saturated carbocycles. The van der Waals surface area contributed by atoms with Crippen molar-refractivity contribution in [3.63, 3.8) is 0 Å². The molecular formula is C17H13O2. The minimum absolute atomic E-state index is 0.112. The molecule has 0 N–H and O–H groups in total. The first kappa shape index (κ1) is 12.9. The summed E-state index contributed by atoms with van der Waals surface area (Å²) in [5.74, 6) is 2.99. The quantitative estimate of drug-likeness (QED) is 0.615. The molecule has 2 heteroatoms. The van der Waals surface area contributed by atoms with Gasteiger partial charge in [0.05, 0.1) is 5.56 Å². The molecule has 0 unspecified atom stereocenters. The fourth-order valence-corrected chi connectivity index (χ4v) is 1.74. The number of carbonyl (C=O) groups excluding carboxylic acids is 1. The summed E-state index contributed by atoms with van der Waals surface area (Å²) in [6.07, 6.45) is 2.51. The Kier molecular flexibility index (Phi) is 4.00. The van der Waals surface area contributed by atoms with Crippen LogP contribution in [0.2, 0.25) is 0 Å². The van der Waals surface area contributed by atoms with Gasteiger partial charge in [0.15, 0.2) is 11.5 Å². The van der Waals surface area contributed by atoms with Gasteiger partial charge in [-0.15, -0.1) is 0 Å². The Morgan fingerprint density at radius 3 is 2.37 bits per heavy atom. The van der Waals surface area contributed by atoms with Gasteiger partial charge in [0.25, 0.3) is 0 Å². The number of benzene rings is 2. The Morgan fingerprint density at radius 1 is 1.05 bits per heavy atom. The lowest BCUT2D eigenvalue weighted by Crippen LogP contribution is -2.05. The van der Waals surface area contributed by atoms with E-state index in [0.717, 1.165) is 0 Å². The molecule has 0 spiro atoms. The number of para-hydroxylation sites is 1. The van der Waals surface area contributed by atoms with Crippen LogP contribution in [0.25, 0.3) is 0 Å². The van der Waals surface area contributed by atoms with Gasteiger partial charge in [-0.1, -0.05) is 42.3 Å². The first-order valence-corrected chi connectivity index (χ1v) is 5.87. The summed E-state index contributed by atoms with van der Waals surface area (Å²) in [6, 6.07) is 14.3. The van der Waals surface area contributed by atoms with Crippen LogP contribution in [0.5, 0.6) is 5.75 Å². The third-order valence-corrected chi connectivity index (χ3v) is 2.66. The van der Waals surface area contributed by atoms with Crippen LogP contribution in [0.4, 0.5) is 0 Å². The van der Waals surface area contributed by atoms with E-state index in [2.05, 4.69) is 19.0 Å². The molecule has 93 valence electrons. The highest BCUT2D eigenvalue weighted by atomic mass is 16.5. The zero-order valence-electron chi connectivity index (χ0n) is 10.6. The Bertz CT molecular complexity index is 660. The maximum absolute atomic E-state index is 12.5. The average molecular weight is 249 g/mol. The Morgan fingerprint density at radius 2 is 1.68 bits per heavy atom. The second-order valence-corrected chi connectivity index (χ2v) is 3.94. The van der Waals surface area contributed by atoms with E-state index in [-0.39, 0.29) is 5.78 Å². The van der Waals surface area contributed by atoms with Crippen LogP contribution >= 0.6 is 0 Å². The zero-order chi connectivity index (χ0) is 13.7. The molecular weight excluding hydrogens is 236 g/mol. The summed E-state index contributed by atoms with van der Waals surface area (Å²) >= 11 is 0. The average Bonchev–Trinajstić information content (AvgIpc) is 2.45. The molecule has 19 heavy (non-hydrogen) atoms. The van der Waals surface area contributed by atoms with E-state index in [1.54, 1.807) is 37.3 Å². The van der Waals surface area contributed by atoms with Crippen LogP contribution in [-0.4, -0.2) is 5.78 Å². The summed E-state index contributed by atoms with van der Waals surface area (Å²) in [5.41, 5.74) is 1.76. The summed E-state index contributed by atoms with van der Waals surface area (Å²) < 4.78 is 5.27. The van der Waals surface area contributed by atoms with Crippen LogP contribution in [0.3, 0.4) is 0 Å². The third-order valence-electron chi connectivity index (χ3n) is 2.66. The van der Waals surface area contributed by atoms with Gasteiger partial charge in [-0.3, -0.25) is 4.79 Å². The molecule has 0 aliphatic rings.